The van der Waals surface area contributed by atoms with Gasteiger partial charge in [0.15, 0.2) is 110 Å². The lowest BCUT2D eigenvalue weighted by Gasteiger charge is -2.42. The number of nitrogens with zero attached hydrogens (tertiary/aromatic N) is 1. The molecule has 3 saturated heterocycles. The largest absolute Gasteiger partial charge is 0.341 e. The third-order valence-electron chi connectivity index (χ3n) is 9.98. The van der Waals surface area contributed by atoms with Crippen LogP contribution in [0.1, 0.15) is 48.9 Å². The van der Waals surface area contributed by atoms with E-state index in [0.717, 1.165) is 0 Å². The van der Waals surface area contributed by atoms with Crippen LogP contribution in [0.15, 0.2) is 0 Å². The molecular weight excluding hydrogens is 909 g/mol. The second kappa shape index (κ2) is 14.9. The van der Waals surface area contributed by atoms with E-state index in [-0.39, 0.29) is 12.8 Å². The molecule has 61 heavy (non-hydrogen) atoms. The molecule has 5 nitrogen and oxygen atoms in total. The van der Waals surface area contributed by atoms with Gasteiger partial charge in [-0.25, -0.2) is 92.5 Å². The number of ether oxygens (including phenoxy) is 2. The summed E-state index contributed by atoms with van der Waals surface area (Å²) in [6.45, 7) is -0.311. The van der Waals surface area contributed by atoms with Crippen LogP contribution in [0.3, 0.4) is 0 Å². The Labute approximate surface area is 327 Å². The van der Waals surface area contributed by atoms with Gasteiger partial charge < -0.3 is 18.5 Å². The molecule has 0 N–H and O–H groups in total. The normalized spacial score (nSPS) is 21.3. The number of halogens is 20. The molecule has 4 aromatic carbocycles. The second-order valence-corrected chi connectivity index (χ2v) is 15.2. The quantitative estimate of drug-likeness (QED) is 0.0863. The monoisotopic (exact) mass is 925 g/mol. The van der Waals surface area contributed by atoms with Gasteiger partial charge in [-0.15, -0.1) is 0 Å². The van der Waals surface area contributed by atoms with E-state index in [1.165, 1.54) is 0 Å². The Morgan fingerprint density at radius 3 is 0.770 bits per heavy atom. The van der Waals surface area contributed by atoms with Crippen molar-refractivity contribution < 1.29 is 106 Å². The predicted molar refractivity (Wildman–Crippen MR) is 160 cm³/mol. The van der Waals surface area contributed by atoms with Crippen LogP contribution in [0.5, 0.6) is 0 Å². The van der Waals surface area contributed by atoms with Crippen molar-refractivity contribution in [2.24, 2.45) is 0 Å². The second-order valence-electron chi connectivity index (χ2n) is 13.8. The molecule has 3 aliphatic heterocycles. The van der Waals surface area contributed by atoms with Gasteiger partial charge in [0.25, 0.3) is 8.53 Å². The summed E-state index contributed by atoms with van der Waals surface area (Å²) >= 11 is 0. The van der Waals surface area contributed by atoms with Crippen LogP contribution < -0.4 is 0 Å². The lowest BCUT2D eigenvalue weighted by molar-refractivity contribution is -0.177. The summed E-state index contributed by atoms with van der Waals surface area (Å²) in [6.07, 6.45) is -8.03. The van der Waals surface area contributed by atoms with Crippen LogP contribution in [0.2, 0.25) is 0 Å². The first-order valence-corrected chi connectivity index (χ1v) is 17.8. The molecule has 0 unspecified atom stereocenters. The molecule has 3 fully saturated rings. The molecule has 3 aliphatic rings. The van der Waals surface area contributed by atoms with Gasteiger partial charge in [-0.1, -0.05) is 0 Å². The Kier molecular flexibility index (Phi) is 10.9. The van der Waals surface area contributed by atoms with Gasteiger partial charge in [0.1, 0.15) is 12.2 Å². The third-order valence-corrected chi connectivity index (χ3v) is 11.7. The maximum Gasteiger partial charge on any atom is 0.261 e. The molecule has 0 aromatic heterocycles. The first kappa shape index (κ1) is 44.8. The fourth-order valence-corrected chi connectivity index (χ4v) is 9.37. The van der Waals surface area contributed by atoms with Crippen molar-refractivity contribution in [2.45, 2.75) is 55.9 Å². The van der Waals surface area contributed by atoms with E-state index < -0.39 is 189 Å². The van der Waals surface area contributed by atoms with Gasteiger partial charge in [0, 0.05) is 13.1 Å². The minimum absolute atomic E-state index is 0.172. The van der Waals surface area contributed by atoms with Crippen LogP contribution in [-0.2, 0) is 29.7 Å². The highest BCUT2D eigenvalue weighted by molar-refractivity contribution is 7.44. The molecule has 0 radical (unpaired) electrons. The van der Waals surface area contributed by atoms with Crippen LogP contribution in [-0.4, -0.2) is 35.8 Å². The molecule has 0 saturated carbocycles. The van der Waals surface area contributed by atoms with Crippen LogP contribution >= 0.6 is 8.53 Å². The van der Waals surface area contributed by atoms with Gasteiger partial charge in [0.05, 0.1) is 22.3 Å². The number of fused-ring (bicyclic) bond motifs is 1. The Morgan fingerprint density at radius 2 is 0.557 bits per heavy atom. The zero-order chi connectivity index (χ0) is 45.3. The van der Waals surface area contributed by atoms with E-state index in [2.05, 4.69) is 0 Å². The molecule has 4 aromatic rings. The van der Waals surface area contributed by atoms with Crippen molar-refractivity contribution in [1.29, 1.82) is 0 Å². The summed E-state index contributed by atoms with van der Waals surface area (Å²) in [5.41, 5.74) is -21.3. The summed E-state index contributed by atoms with van der Waals surface area (Å²) < 4.78 is 334. The number of benzene rings is 4. The molecule has 330 valence electrons. The molecule has 0 spiro atoms. The number of hydrogen-bond acceptors (Lipinski definition) is 5. The predicted octanol–water partition coefficient (Wildman–Crippen LogP) is 10.5. The standard InChI is InChI=1S/C35H16F20NO4P/c1-33(2)57-31-32(58-33)35(9-15(40)23(48)29(54)24(49)16(9)41,10-17(42)25(50)30(55)26(51)18(10)43)60-61(56-5-3-4-6-56)59-34(31,7-11(36)19(44)27(52)20(45)12(7)37)8-13(38)21(46)28(53)22(47)14(8)39/h31-32H,3-6H2,1-2H3/t31-,32-/m1/s1. The van der Waals surface area contributed by atoms with Crippen molar-refractivity contribution in [3.63, 3.8) is 0 Å². The van der Waals surface area contributed by atoms with E-state index in [1.54, 1.807) is 0 Å². The van der Waals surface area contributed by atoms with Crippen LogP contribution in [0, 0.1) is 116 Å². The van der Waals surface area contributed by atoms with Gasteiger partial charge >= 0.3 is 0 Å². The van der Waals surface area contributed by atoms with E-state index in [4.69, 9.17) is 18.5 Å². The summed E-state index contributed by atoms with van der Waals surface area (Å²) in [7, 11) is -4.45. The SMILES string of the molecule is CC1(C)O[C@@H]2[C@@H](O1)C(c1c(F)c(F)c(F)c(F)c1F)(c1c(F)c(F)c(F)c(F)c1F)OP(N1CCCC1)OC2(c1c(F)c(F)c(F)c(F)c1F)c1c(F)c(F)c(F)c(F)c1F. The van der Waals surface area contributed by atoms with Gasteiger partial charge in [-0.05, 0) is 26.7 Å². The average molecular weight is 925 g/mol. The number of hydrogen-bond donors (Lipinski definition) is 0. The molecule has 26 heteroatoms. The maximum absolute atomic E-state index is 16.4. The molecule has 0 amide bonds. The van der Waals surface area contributed by atoms with Gasteiger partial charge in [0.2, 0.25) is 23.3 Å². The molecule has 2 atom stereocenters. The Bertz CT molecular complexity index is 2130. The van der Waals surface area contributed by atoms with Crippen molar-refractivity contribution in [2.75, 3.05) is 13.1 Å². The summed E-state index contributed by atoms with van der Waals surface area (Å²) in [6, 6.07) is 0. The highest BCUT2D eigenvalue weighted by Crippen LogP contribution is 2.68. The maximum atomic E-state index is 16.4. The lowest BCUT2D eigenvalue weighted by atomic mass is 9.70. The van der Waals surface area contributed by atoms with Crippen molar-refractivity contribution >= 4 is 8.53 Å². The lowest BCUT2D eigenvalue weighted by Crippen LogP contribution is -2.56. The van der Waals surface area contributed by atoms with Crippen molar-refractivity contribution in [3.8, 4) is 0 Å². The first-order valence-electron chi connectivity index (χ1n) is 16.7. The van der Waals surface area contributed by atoms with E-state index >= 15 is 70.2 Å². The fraction of sp³-hybridized carbons (Fsp3) is 0.314. The zero-order valence-corrected chi connectivity index (χ0v) is 30.5. The number of rotatable bonds is 5. The Balaban J connectivity index is 1.83. The van der Waals surface area contributed by atoms with Gasteiger partial charge in [-0.3, -0.25) is 0 Å². The minimum Gasteiger partial charge on any atom is -0.341 e. The highest BCUT2D eigenvalue weighted by Gasteiger charge is 2.73. The summed E-state index contributed by atoms with van der Waals surface area (Å²) in [4.78, 5) is 0. The summed E-state index contributed by atoms with van der Waals surface area (Å²) in [5.74, 6) is -66.6. The van der Waals surface area contributed by atoms with Crippen molar-refractivity contribution in [3.05, 3.63) is 139 Å². The molecule has 0 bridgehead atoms. The van der Waals surface area contributed by atoms with E-state index in [9.17, 15) is 17.6 Å². The fourth-order valence-electron chi connectivity index (χ4n) is 7.43. The van der Waals surface area contributed by atoms with E-state index in [1.807, 2.05) is 0 Å². The van der Waals surface area contributed by atoms with Crippen LogP contribution in [0.4, 0.5) is 87.8 Å². The zero-order valence-electron chi connectivity index (χ0n) is 29.6. The average Bonchev–Trinajstić information content (AvgIpc) is 3.86. The topological polar surface area (TPSA) is 40.2 Å². The van der Waals surface area contributed by atoms with E-state index in [0.29, 0.717) is 18.5 Å². The third kappa shape index (κ3) is 6.07. The molecule has 7 rings (SSSR count). The molecule has 0 aliphatic carbocycles. The van der Waals surface area contributed by atoms with Crippen molar-refractivity contribution in [1.82, 2.24) is 4.67 Å². The Hall–Kier alpha value is -4.29. The Morgan fingerprint density at radius 1 is 0.361 bits per heavy atom. The summed E-state index contributed by atoms with van der Waals surface area (Å²) in [5, 5.41) is 0. The van der Waals surface area contributed by atoms with Crippen LogP contribution in [0.25, 0.3) is 0 Å². The minimum atomic E-state index is -4.93. The molecule has 3 heterocycles. The first-order chi connectivity index (χ1) is 28.3. The molecular formula is C35H16F20NO4P. The highest BCUT2D eigenvalue weighted by atomic mass is 31.2. The smallest absolute Gasteiger partial charge is 0.261 e. The van der Waals surface area contributed by atoms with Gasteiger partial charge in [-0.2, -0.15) is 0 Å².